The molecule has 20 heavy (non-hydrogen) atoms. The van der Waals surface area contributed by atoms with Crippen LogP contribution in [0.5, 0.6) is 0 Å². The number of likely N-dealkylation sites (tertiary alicyclic amines) is 1. The van der Waals surface area contributed by atoms with E-state index in [0.29, 0.717) is 23.3 Å². The first-order chi connectivity index (χ1) is 9.46. The van der Waals surface area contributed by atoms with Crippen molar-refractivity contribution >= 4 is 5.91 Å². The van der Waals surface area contributed by atoms with Crippen molar-refractivity contribution < 1.29 is 4.79 Å². The fourth-order valence-corrected chi connectivity index (χ4v) is 3.75. The maximum absolute atomic E-state index is 12.4. The zero-order valence-corrected chi connectivity index (χ0v) is 13.4. The summed E-state index contributed by atoms with van der Waals surface area (Å²) in [6, 6.07) is 0.378. The summed E-state index contributed by atoms with van der Waals surface area (Å²) in [4.78, 5) is 14.5. The molecular weight excluding hydrogens is 248 g/mol. The number of nitrogens with zero attached hydrogens (tertiary/aromatic N) is 1. The van der Waals surface area contributed by atoms with Crippen molar-refractivity contribution in [3.8, 4) is 0 Å². The lowest BCUT2D eigenvalue weighted by molar-refractivity contribution is -0.131. The second-order valence-electron chi connectivity index (χ2n) is 7.73. The molecule has 1 saturated carbocycles. The summed E-state index contributed by atoms with van der Waals surface area (Å²) in [6.07, 6.45) is 10.1. The number of hydrogen-bond acceptors (Lipinski definition) is 2. The van der Waals surface area contributed by atoms with E-state index in [1.54, 1.807) is 0 Å². The van der Waals surface area contributed by atoms with Crippen LogP contribution in [0.4, 0.5) is 0 Å². The molecule has 0 aromatic rings. The third-order valence-electron chi connectivity index (χ3n) is 5.28. The van der Waals surface area contributed by atoms with Gasteiger partial charge in [-0.25, -0.2) is 0 Å². The minimum atomic E-state index is 0.377. The van der Waals surface area contributed by atoms with E-state index >= 15 is 0 Å². The minimum Gasteiger partial charge on any atom is -0.343 e. The zero-order valence-electron chi connectivity index (χ0n) is 13.4. The Bertz CT molecular complexity index is 327. The lowest BCUT2D eigenvalue weighted by Gasteiger charge is -2.28. The fraction of sp³-hybridized carbons (Fsp3) is 0.941. The van der Waals surface area contributed by atoms with Crippen molar-refractivity contribution in [3.05, 3.63) is 0 Å². The van der Waals surface area contributed by atoms with Gasteiger partial charge in [0.25, 0.3) is 0 Å². The molecule has 2 fully saturated rings. The summed E-state index contributed by atoms with van der Waals surface area (Å²) < 4.78 is 0. The Hall–Kier alpha value is -0.570. The van der Waals surface area contributed by atoms with Gasteiger partial charge in [-0.2, -0.15) is 0 Å². The molecule has 2 rings (SSSR count). The van der Waals surface area contributed by atoms with Gasteiger partial charge >= 0.3 is 0 Å². The van der Waals surface area contributed by atoms with E-state index in [2.05, 4.69) is 18.7 Å². The smallest absolute Gasteiger partial charge is 0.222 e. The average Bonchev–Trinajstić information content (AvgIpc) is 2.57. The second-order valence-corrected chi connectivity index (χ2v) is 7.73. The van der Waals surface area contributed by atoms with Crippen molar-refractivity contribution in [1.82, 2.24) is 4.90 Å². The summed E-state index contributed by atoms with van der Waals surface area (Å²) in [5.74, 6) is 1.06. The second kappa shape index (κ2) is 6.93. The van der Waals surface area contributed by atoms with E-state index in [-0.39, 0.29) is 0 Å². The van der Waals surface area contributed by atoms with Crippen LogP contribution in [0.15, 0.2) is 0 Å². The highest BCUT2D eigenvalue weighted by Crippen LogP contribution is 2.31. The Morgan fingerprint density at radius 1 is 1.20 bits per heavy atom. The van der Waals surface area contributed by atoms with E-state index in [0.717, 1.165) is 45.2 Å². The van der Waals surface area contributed by atoms with Gasteiger partial charge in [0.15, 0.2) is 0 Å². The molecule has 1 aliphatic carbocycles. The van der Waals surface area contributed by atoms with Gasteiger partial charge in [-0.15, -0.1) is 0 Å². The van der Waals surface area contributed by atoms with E-state index in [1.807, 2.05) is 0 Å². The van der Waals surface area contributed by atoms with E-state index in [4.69, 9.17) is 5.73 Å². The highest BCUT2D eigenvalue weighted by molar-refractivity contribution is 5.76. The molecule has 2 aliphatic rings. The quantitative estimate of drug-likeness (QED) is 0.862. The molecule has 1 saturated heterocycles. The standard InChI is InChI=1S/C17H32N2O/c1-17(2)9-4-11-19(12-10-17)16(20)8-7-14-5-3-6-15(18)13-14/h14-15H,3-13,18H2,1-2H3. The van der Waals surface area contributed by atoms with Crippen LogP contribution in [-0.2, 0) is 4.79 Å². The van der Waals surface area contributed by atoms with Crippen molar-refractivity contribution in [2.75, 3.05) is 13.1 Å². The first-order valence-corrected chi connectivity index (χ1v) is 8.50. The molecule has 2 atom stereocenters. The first kappa shape index (κ1) is 15.8. The van der Waals surface area contributed by atoms with Crippen LogP contribution < -0.4 is 5.73 Å². The molecule has 2 unspecified atom stereocenters. The van der Waals surface area contributed by atoms with Crippen LogP contribution in [-0.4, -0.2) is 29.9 Å². The van der Waals surface area contributed by atoms with Crippen molar-refractivity contribution in [1.29, 1.82) is 0 Å². The van der Waals surface area contributed by atoms with Gasteiger partial charge in [0.2, 0.25) is 5.91 Å². The first-order valence-electron chi connectivity index (χ1n) is 8.50. The van der Waals surface area contributed by atoms with Crippen molar-refractivity contribution in [3.63, 3.8) is 0 Å². The maximum atomic E-state index is 12.4. The molecule has 116 valence electrons. The Labute approximate surface area is 124 Å². The zero-order chi connectivity index (χ0) is 14.6. The number of carbonyl (C=O) groups is 1. The molecular formula is C17H32N2O. The maximum Gasteiger partial charge on any atom is 0.222 e. The Balaban J connectivity index is 1.74. The highest BCUT2D eigenvalue weighted by Gasteiger charge is 2.26. The molecule has 1 aliphatic heterocycles. The molecule has 2 N–H and O–H groups in total. The van der Waals surface area contributed by atoms with E-state index < -0.39 is 0 Å². The van der Waals surface area contributed by atoms with Crippen molar-refractivity contribution in [2.24, 2.45) is 17.1 Å². The largest absolute Gasteiger partial charge is 0.343 e. The van der Waals surface area contributed by atoms with Gasteiger partial charge in [0.05, 0.1) is 0 Å². The van der Waals surface area contributed by atoms with Crippen LogP contribution in [0.1, 0.15) is 71.6 Å². The van der Waals surface area contributed by atoms with Crippen LogP contribution in [0.3, 0.4) is 0 Å². The Morgan fingerprint density at radius 2 is 2.00 bits per heavy atom. The topological polar surface area (TPSA) is 46.3 Å². The molecule has 0 aromatic carbocycles. The van der Waals surface area contributed by atoms with Crippen LogP contribution >= 0.6 is 0 Å². The van der Waals surface area contributed by atoms with Crippen LogP contribution in [0.25, 0.3) is 0 Å². The van der Waals surface area contributed by atoms with E-state index in [9.17, 15) is 4.79 Å². The number of rotatable bonds is 3. The fourth-order valence-electron chi connectivity index (χ4n) is 3.75. The summed E-state index contributed by atoms with van der Waals surface area (Å²) >= 11 is 0. The lowest BCUT2D eigenvalue weighted by atomic mass is 9.83. The van der Waals surface area contributed by atoms with Gasteiger partial charge in [0, 0.05) is 25.6 Å². The number of carbonyl (C=O) groups excluding carboxylic acids is 1. The third kappa shape index (κ3) is 4.76. The lowest BCUT2D eigenvalue weighted by Crippen LogP contribution is -2.33. The number of hydrogen-bond donors (Lipinski definition) is 1. The summed E-state index contributed by atoms with van der Waals surface area (Å²) in [7, 11) is 0. The predicted molar refractivity (Wildman–Crippen MR) is 83.4 cm³/mol. The minimum absolute atomic E-state index is 0.377. The molecule has 1 amide bonds. The predicted octanol–water partition coefficient (Wildman–Crippen LogP) is 3.32. The van der Waals surface area contributed by atoms with Gasteiger partial charge in [0.1, 0.15) is 0 Å². The highest BCUT2D eigenvalue weighted by atomic mass is 16.2. The van der Waals surface area contributed by atoms with Gasteiger partial charge in [-0.3, -0.25) is 4.79 Å². The Morgan fingerprint density at radius 3 is 2.75 bits per heavy atom. The van der Waals surface area contributed by atoms with Gasteiger partial charge in [-0.05, 0) is 49.9 Å². The molecule has 3 nitrogen and oxygen atoms in total. The molecule has 0 aromatic heterocycles. The summed E-state index contributed by atoms with van der Waals surface area (Å²) in [5.41, 5.74) is 6.44. The van der Waals surface area contributed by atoms with E-state index in [1.165, 1.54) is 25.7 Å². The SMILES string of the molecule is CC1(C)CCCN(C(=O)CCC2CCCC(N)C2)CC1. The van der Waals surface area contributed by atoms with Gasteiger partial charge in [-0.1, -0.05) is 26.7 Å². The molecule has 0 radical (unpaired) electrons. The number of nitrogens with two attached hydrogens (primary N) is 1. The van der Waals surface area contributed by atoms with Crippen LogP contribution in [0, 0.1) is 11.3 Å². The summed E-state index contributed by atoms with van der Waals surface area (Å²) in [5, 5.41) is 0. The van der Waals surface area contributed by atoms with Crippen molar-refractivity contribution in [2.45, 2.75) is 77.7 Å². The van der Waals surface area contributed by atoms with Gasteiger partial charge < -0.3 is 10.6 Å². The average molecular weight is 280 g/mol. The molecule has 3 heteroatoms. The normalized spacial score (nSPS) is 30.9. The summed E-state index contributed by atoms with van der Waals surface area (Å²) in [6.45, 7) is 6.57. The third-order valence-corrected chi connectivity index (χ3v) is 5.28. The monoisotopic (exact) mass is 280 g/mol. The van der Waals surface area contributed by atoms with Crippen LogP contribution in [0.2, 0.25) is 0 Å². The molecule has 0 bridgehead atoms. The molecule has 0 spiro atoms. The molecule has 1 heterocycles. The Kier molecular flexibility index (Phi) is 5.48. The number of amides is 1.